The summed E-state index contributed by atoms with van der Waals surface area (Å²) >= 11 is 0. The van der Waals surface area contributed by atoms with Gasteiger partial charge in [0.25, 0.3) is 6.43 Å². The van der Waals surface area contributed by atoms with Crippen LogP contribution in [-0.2, 0) is 0 Å². The van der Waals surface area contributed by atoms with Crippen molar-refractivity contribution in [2.24, 2.45) is 4.99 Å². The number of nitrogens with zero attached hydrogens (tertiary/aromatic N) is 2. The molecule has 2 N–H and O–H groups in total. The zero-order valence-corrected chi connectivity index (χ0v) is 15.4. The van der Waals surface area contributed by atoms with E-state index in [1.54, 1.807) is 4.90 Å². The molecular formula is C18H26F4N4O. The van der Waals surface area contributed by atoms with Crippen LogP contribution in [0.3, 0.4) is 0 Å². The van der Waals surface area contributed by atoms with E-state index in [0.717, 1.165) is 25.0 Å². The van der Waals surface area contributed by atoms with Crippen LogP contribution in [0.25, 0.3) is 0 Å². The van der Waals surface area contributed by atoms with Crippen molar-refractivity contribution in [3.8, 4) is 5.75 Å². The van der Waals surface area contributed by atoms with Crippen molar-refractivity contribution in [1.29, 1.82) is 0 Å². The van der Waals surface area contributed by atoms with Crippen molar-refractivity contribution < 1.29 is 22.3 Å². The maximum absolute atomic E-state index is 13.1. The molecule has 1 aromatic rings. The Morgan fingerprint density at radius 1 is 1.26 bits per heavy atom. The number of ether oxygens (including phenoxy) is 1. The number of halogens is 4. The van der Waals surface area contributed by atoms with Crippen LogP contribution in [0.2, 0.25) is 0 Å². The van der Waals surface area contributed by atoms with Gasteiger partial charge in [-0.05, 0) is 31.9 Å². The lowest BCUT2D eigenvalue weighted by Gasteiger charge is -2.32. The van der Waals surface area contributed by atoms with Gasteiger partial charge in [-0.1, -0.05) is 0 Å². The average molecular weight is 390 g/mol. The first kappa shape index (κ1) is 21.3. The zero-order chi connectivity index (χ0) is 19.6. The van der Waals surface area contributed by atoms with Gasteiger partial charge < -0.3 is 15.4 Å². The van der Waals surface area contributed by atoms with Crippen molar-refractivity contribution in [1.82, 2.24) is 15.5 Å². The van der Waals surface area contributed by atoms with E-state index in [0.29, 0.717) is 32.1 Å². The summed E-state index contributed by atoms with van der Waals surface area (Å²) in [5, 5.41) is 6.43. The minimum atomic E-state index is -2.30. The molecule has 1 aliphatic rings. The summed E-state index contributed by atoms with van der Waals surface area (Å²) in [4.78, 5) is 6.16. The summed E-state index contributed by atoms with van der Waals surface area (Å²) in [6, 6.07) is 3.54. The molecule has 9 heteroatoms. The lowest BCUT2D eigenvalue weighted by atomic mass is 10.1. The van der Waals surface area contributed by atoms with E-state index in [9.17, 15) is 17.6 Å². The second-order valence-electron chi connectivity index (χ2n) is 6.30. The summed E-state index contributed by atoms with van der Waals surface area (Å²) in [7, 11) is 0. The molecule has 1 heterocycles. The number of alkyl halides is 2. The van der Waals surface area contributed by atoms with Crippen molar-refractivity contribution in [2.75, 3.05) is 39.3 Å². The molecule has 1 fully saturated rings. The summed E-state index contributed by atoms with van der Waals surface area (Å²) in [6.07, 6.45) is -0.770. The molecular weight excluding hydrogens is 364 g/mol. The van der Waals surface area contributed by atoms with Crippen LogP contribution in [0.15, 0.2) is 23.2 Å². The molecule has 27 heavy (non-hydrogen) atoms. The minimum Gasteiger partial charge on any atom is -0.492 e. The van der Waals surface area contributed by atoms with Gasteiger partial charge in [-0.25, -0.2) is 22.6 Å². The average Bonchev–Trinajstić information content (AvgIpc) is 2.63. The third kappa shape index (κ3) is 7.62. The fourth-order valence-electron chi connectivity index (χ4n) is 2.86. The molecule has 0 saturated carbocycles. The number of piperidine rings is 1. The Bertz CT molecular complexity index is 607. The van der Waals surface area contributed by atoms with E-state index in [1.807, 2.05) is 6.92 Å². The lowest BCUT2D eigenvalue weighted by molar-refractivity contribution is 0.0744. The van der Waals surface area contributed by atoms with Gasteiger partial charge >= 0.3 is 0 Å². The maximum atomic E-state index is 13.1. The smallest absolute Gasteiger partial charge is 0.251 e. The highest BCUT2D eigenvalue weighted by Gasteiger charge is 2.21. The van der Waals surface area contributed by atoms with E-state index >= 15 is 0 Å². The number of likely N-dealkylation sites (tertiary alicyclic amines) is 1. The van der Waals surface area contributed by atoms with Crippen LogP contribution in [0.5, 0.6) is 5.75 Å². The van der Waals surface area contributed by atoms with E-state index in [4.69, 9.17) is 4.74 Å². The number of rotatable bonds is 8. The predicted molar refractivity (Wildman–Crippen MR) is 96.4 cm³/mol. The Hall–Kier alpha value is -2.03. The first-order valence-corrected chi connectivity index (χ1v) is 9.11. The lowest BCUT2D eigenvalue weighted by Crippen LogP contribution is -2.49. The fourth-order valence-corrected chi connectivity index (χ4v) is 2.86. The second-order valence-corrected chi connectivity index (χ2v) is 6.30. The van der Waals surface area contributed by atoms with Crippen molar-refractivity contribution in [3.05, 3.63) is 29.8 Å². The second kappa shape index (κ2) is 11.0. The molecule has 5 nitrogen and oxygen atoms in total. The van der Waals surface area contributed by atoms with Crippen LogP contribution in [0.1, 0.15) is 19.8 Å². The maximum Gasteiger partial charge on any atom is 0.251 e. The first-order chi connectivity index (χ1) is 13.0. The van der Waals surface area contributed by atoms with E-state index < -0.39 is 18.1 Å². The minimum absolute atomic E-state index is 0.170. The molecule has 1 aliphatic heterocycles. The van der Waals surface area contributed by atoms with Crippen molar-refractivity contribution in [2.45, 2.75) is 32.2 Å². The van der Waals surface area contributed by atoms with Gasteiger partial charge in [0.1, 0.15) is 12.4 Å². The van der Waals surface area contributed by atoms with Gasteiger partial charge in [-0.3, -0.25) is 4.90 Å². The first-order valence-electron chi connectivity index (χ1n) is 9.11. The van der Waals surface area contributed by atoms with E-state index in [1.165, 1.54) is 6.07 Å². The molecule has 0 atom stereocenters. The van der Waals surface area contributed by atoms with Gasteiger partial charge in [0, 0.05) is 31.7 Å². The third-order valence-electron chi connectivity index (χ3n) is 4.19. The number of aliphatic imine (C=N–C) groups is 1. The number of hydrogen-bond donors (Lipinski definition) is 2. The van der Waals surface area contributed by atoms with Crippen LogP contribution in [-0.4, -0.2) is 62.7 Å². The molecule has 0 bridgehead atoms. The predicted octanol–water partition coefficient (Wildman–Crippen LogP) is 2.63. The fraction of sp³-hybridized carbons (Fsp3) is 0.611. The highest BCUT2D eigenvalue weighted by molar-refractivity contribution is 5.80. The third-order valence-corrected chi connectivity index (χ3v) is 4.19. The largest absolute Gasteiger partial charge is 0.492 e. The summed E-state index contributed by atoms with van der Waals surface area (Å²) in [6.45, 7) is 4.25. The van der Waals surface area contributed by atoms with Crippen LogP contribution in [0.4, 0.5) is 17.6 Å². The van der Waals surface area contributed by atoms with Crippen LogP contribution in [0, 0.1) is 11.6 Å². The van der Waals surface area contributed by atoms with Gasteiger partial charge in [0.05, 0.1) is 13.1 Å². The number of hydrogen-bond acceptors (Lipinski definition) is 3. The monoisotopic (exact) mass is 390 g/mol. The number of benzene rings is 1. The van der Waals surface area contributed by atoms with Crippen LogP contribution >= 0.6 is 0 Å². The normalized spacial score (nSPS) is 16.6. The standard InChI is InChI=1S/C18H26F4N4O/c1-2-23-18(25-13-5-8-26(9-6-13)12-17(21)22)24-7-10-27-14-3-4-15(19)16(20)11-14/h3-4,11,13,17H,2,5-10,12H2,1H3,(H2,23,24,25). The number of nitrogens with one attached hydrogen (secondary N) is 2. The Balaban J connectivity index is 1.76. The Morgan fingerprint density at radius 2 is 2.00 bits per heavy atom. The molecule has 1 aromatic carbocycles. The molecule has 0 radical (unpaired) electrons. The Morgan fingerprint density at radius 3 is 2.63 bits per heavy atom. The van der Waals surface area contributed by atoms with Gasteiger partial charge in [-0.15, -0.1) is 0 Å². The molecule has 0 unspecified atom stereocenters. The topological polar surface area (TPSA) is 48.9 Å². The van der Waals surface area contributed by atoms with Gasteiger partial charge in [-0.2, -0.15) is 0 Å². The number of guanidine groups is 1. The summed E-state index contributed by atoms with van der Waals surface area (Å²) in [5.74, 6) is -1.00. The Labute approximate surface area is 156 Å². The van der Waals surface area contributed by atoms with Gasteiger partial charge in [0.15, 0.2) is 17.6 Å². The quantitative estimate of drug-likeness (QED) is 0.310. The molecule has 0 spiro atoms. The van der Waals surface area contributed by atoms with E-state index in [2.05, 4.69) is 15.6 Å². The molecule has 2 rings (SSSR count). The summed E-state index contributed by atoms with van der Waals surface area (Å²) < 4.78 is 56.2. The zero-order valence-electron chi connectivity index (χ0n) is 15.4. The van der Waals surface area contributed by atoms with Crippen molar-refractivity contribution in [3.63, 3.8) is 0 Å². The molecule has 1 saturated heterocycles. The van der Waals surface area contributed by atoms with Gasteiger partial charge in [0.2, 0.25) is 0 Å². The Kier molecular flexibility index (Phi) is 8.63. The SMILES string of the molecule is CCNC(=NCCOc1ccc(F)c(F)c1)NC1CCN(CC(F)F)CC1. The highest BCUT2D eigenvalue weighted by atomic mass is 19.3. The van der Waals surface area contributed by atoms with Crippen LogP contribution < -0.4 is 15.4 Å². The van der Waals surface area contributed by atoms with E-state index in [-0.39, 0.29) is 24.9 Å². The molecule has 152 valence electrons. The molecule has 0 aromatic heterocycles. The van der Waals surface area contributed by atoms with Crippen molar-refractivity contribution >= 4 is 5.96 Å². The highest BCUT2D eigenvalue weighted by Crippen LogP contribution is 2.15. The molecule has 0 aliphatic carbocycles. The molecule has 0 amide bonds. The summed E-state index contributed by atoms with van der Waals surface area (Å²) in [5.41, 5.74) is 0.